The van der Waals surface area contributed by atoms with Gasteiger partial charge in [-0.1, -0.05) is 39.7 Å². The van der Waals surface area contributed by atoms with Crippen molar-refractivity contribution < 1.29 is 9.90 Å². The number of rotatable bonds is 2. The van der Waals surface area contributed by atoms with E-state index in [9.17, 15) is 4.79 Å². The Bertz CT molecular complexity index is 382. The number of hydrogen-bond donors (Lipinski definition) is 1. The Morgan fingerprint density at radius 3 is 2.29 bits per heavy atom. The molecule has 0 spiro atoms. The zero-order valence-electron chi connectivity index (χ0n) is 7.42. The van der Waals surface area contributed by atoms with Crippen LogP contribution in [0, 0.1) is 0 Å². The van der Waals surface area contributed by atoms with E-state index in [2.05, 4.69) is 15.9 Å². The zero-order valence-corrected chi connectivity index (χ0v) is 9.76. The molecule has 4 heteroatoms. The maximum atomic E-state index is 10.6. The van der Waals surface area contributed by atoms with Crippen LogP contribution in [0.5, 0.6) is 0 Å². The van der Waals surface area contributed by atoms with Crippen LogP contribution in [0.15, 0.2) is 34.3 Å². The van der Waals surface area contributed by atoms with E-state index in [4.69, 9.17) is 16.7 Å². The molecule has 0 aliphatic carbocycles. The van der Waals surface area contributed by atoms with Gasteiger partial charge < -0.3 is 5.11 Å². The Morgan fingerprint density at radius 1 is 1.36 bits per heavy atom. The van der Waals surface area contributed by atoms with Gasteiger partial charge in [0, 0.05) is 4.47 Å². The first-order valence-electron chi connectivity index (χ1n) is 3.88. The van der Waals surface area contributed by atoms with Gasteiger partial charge in [-0.25, -0.2) is 4.79 Å². The van der Waals surface area contributed by atoms with Crippen LogP contribution in [0.25, 0.3) is 5.03 Å². The second kappa shape index (κ2) is 4.62. The molecule has 0 aromatic heterocycles. The van der Waals surface area contributed by atoms with E-state index >= 15 is 0 Å². The maximum Gasteiger partial charge on any atom is 0.332 e. The minimum Gasteiger partial charge on any atom is -0.478 e. The van der Waals surface area contributed by atoms with Crippen molar-refractivity contribution in [1.29, 1.82) is 0 Å². The molecule has 0 amide bonds. The molecule has 0 aliphatic rings. The molecule has 0 bridgehead atoms. The van der Waals surface area contributed by atoms with E-state index in [1.807, 2.05) is 12.1 Å². The first-order valence-corrected chi connectivity index (χ1v) is 5.05. The molecule has 0 saturated heterocycles. The molecular weight excluding hydrogens is 267 g/mol. The summed E-state index contributed by atoms with van der Waals surface area (Å²) in [6.07, 6.45) is 0. The molecule has 0 atom stereocenters. The molecule has 0 heterocycles. The average Bonchev–Trinajstić information content (AvgIpc) is 2.16. The quantitative estimate of drug-likeness (QED) is 0.839. The SMILES string of the molecule is C/C(C(=O)O)=C(/Cl)c1ccc(Br)cc1. The number of aliphatic carboxylic acids is 1. The standard InChI is InChI=1S/C10H8BrClO2/c1-6(10(13)14)9(12)7-2-4-8(11)5-3-7/h2-5H,1H3,(H,13,14)/b9-6-. The molecule has 0 radical (unpaired) electrons. The highest BCUT2D eigenvalue weighted by Crippen LogP contribution is 2.24. The summed E-state index contributed by atoms with van der Waals surface area (Å²) in [5.41, 5.74) is 0.851. The molecular formula is C10H8BrClO2. The summed E-state index contributed by atoms with van der Waals surface area (Å²) in [4.78, 5) is 10.6. The van der Waals surface area contributed by atoms with Crippen LogP contribution >= 0.6 is 27.5 Å². The first kappa shape index (κ1) is 11.3. The van der Waals surface area contributed by atoms with Crippen LogP contribution in [-0.2, 0) is 4.79 Å². The van der Waals surface area contributed by atoms with Crippen molar-refractivity contribution >= 4 is 38.5 Å². The average molecular weight is 276 g/mol. The van der Waals surface area contributed by atoms with Crippen LogP contribution in [0.3, 0.4) is 0 Å². The van der Waals surface area contributed by atoms with Crippen molar-refractivity contribution in [2.24, 2.45) is 0 Å². The van der Waals surface area contributed by atoms with Gasteiger partial charge in [0.2, 0.25) is 0 Å². The zero-order chi connectivity index (χ0) is 10.7. The maximum absolute atomic E-state index is 10.6. The predicted octanol–water partition coefficient (Wildman–Crippen LogP) is 3.50. The summed E-state index contributed by atoms with van der Waals surface area (Å²) < 4.78 is 0.929. The Morgan fingerprint density at radius 2 is 1.86 bits per heavy atom. The number of halogens is 2. The summed E-state index contributed by atoms with van der Waals surface area (Å²) in [5.74, 6) is -1.00. The number of carboxylic acid groups (broad SMARTS) is 1. The third-order valence-corrected chi connectivity index (χ3v) is 2.78. The van der Waals surface area contributed by atoms with Crippen LogP contribution < -0.4 is 0 Å². The van der Waals surface area contributed by atoms with Gasteiger partial charge in [-0.3, -0.25) is 0 Å². The predicted molar refractivity (Wildman–Crippen MR) is 60.2 cm³/mol. The summed E-state index contributed by atoms with van der Waals surface area (Å²) in [6, 6.07) is 7.15. The molecule has 74 valence electrons. The minimum atomic E-state index is -1.00. The third kappa shape index (κ3) is 2.59. The van der Waals surface area contributed by atoms with Gasteiger partial charge >= 0.3 is 5.97 Å². The van der Waals surface area contributed by atoms with Crippen molar-refractivity contribution in [2.45, 2.75) is 6.92 Å². The number of benzene rings is 1. The van der Waals surface area contributed by atoms with Gasteiger partial charge in [0.25, 0.3) is 0 Å². The van der Waals surface area contributed by atoms with Gasteiger partial charge in [-0.15, -0.1) is 0 Å². The molecule has 0 saturated carbocycles. The highest BCUT2D eigenvalue weighted by molar-refractivity contribution is 9.10. The van der Waals surface area contributed by atoms with Crippen molar-refractivity contribution in [3.63, 3.8) is 0 Å². The van der Waals surface area contributed by atoms with Gasteiger partial charge in [0.05, 0.1) is 10.6 Å². The Balaban J connectivity index is 3.12. The molecule has 14 heavy (non-hydrogen) atoms. The van der Waals surface area contributed by atoms with Gasteiger partial charge in [0.1, 0.15) is 0 Å². The number of carboxylic acids is 1. The van der Waals surface area contributed by atoms with E-state index in [1.165, 1.54) is 6.92 Å². The second-order valence-electron chi connectivity index (χ2n) is 2.75. The molecule has 0 fully saturated rings. The number of carbonyl (C=O) groups is 1. The molecule has 1 aromatic rings. The molecule has 2 nitrogen and oxygen atoms in total. The summed E-state index contributed by atoms with van der Waals surface area (Å²) >= 11 is 9.17. The van der Waals surface area contributed by atoms with Crippen molar-refractivity contribution in [1.82, 2.24) is 0 Å². The van der Waals surface area contributed by atoms with Gasteiger partial charge in [-0.2, -0.15) is 0 Å². The molecule has 0 aliphatic heterocycles. The molecule has 1 rings (SSSR count). The van der Waals surface area contributed by atoms with Crippen molar-refractivity contribution in [3.8, 4) is 0 Å². The smallest absolute Gasteiger partial charge is 0.332 e. The second-order valence-corrected chi connectivity index (χ2v) is 4.04. The van der Waals surface area contributed by atoms with Crippen LogP contribution in [0.4, 0.5) is 0 Å². The Labute approximate surface area is 95.3 Å². The highest BCUT2D eigenvalue weighted by Gasteiger charge is 2.08. The lowest BCUT2D eigenvalue weighted by molar-refractivity contribution is -0.132. The lowest BCUT2D eigenvalue weighted by atomic mass is 10.1. The summed E-state index contributed by atoms with van der Waals surface area (Å²) in [5, 5.41) is 8.99. The molecule has 0 unspecified atom stereocenters. The van der Waals surface area contributed by atoms with Gasteiger partial charge in [-0.05, 0) is 24.6 Å². The Hall–Kier alpha value is -0.800. The third-order valence-electron chi connectivity index (χ3n) is 1.75. The molecule has 1 aromatic carbocycles. The van der Waals surface area contributed by atoms with E-state index < -0.39 is 5.97 Å². The fourth-order valence-electron chi connectivity index (χ4n) is 0.907. The van der Waals surface area contributed by atoms with Gasteiger partial charge in [0.15, 0.2) is 0 Å². The Kier molecular flexibility index (Phi) is 3.72. The van der Waals surface area contributed by atoms with Crippen molar-refractivity contribution in [3.05, 3.63) is 39.9 Å². The number of hydrogen-bond acceptors (Lipinski definition) is 1. The summed E-state index contributed by atoms with van der Waals surface area (Å²) in [6.45, 7) is 1.48. The normalized spacial score (nSPS) is 12.2. The van der Waals surface area contributed by atoms with Crippen LogP contribution in [-0.4, -0.2) is 11.1 Å². The van der Waals surface area contributed by atoms with E-state index in [-0.39, 0.29) is 10.6 Å². The first-order chi connectivity index (χ1) is 6.52. The van der Waals surface area contributed by atoms with Crippen LogP contribution in [0.2, 0.25) is 0 Å². The van der Waals surface area contributed by atoms with Crippen molar-refractivity contribution in [2.75, 3.05) is 0 Å². The molecule has 1 N–H and O–H groups in total. The van der Waals surface area contributed by atoms with Crippen LogP contribution in [0.1, 0.15) is 12.5 Å². The topological polar surface area (TPSA) is 37.3 Å². The highest BCUT2D eigenvalue weighted by atomic mass is 79.9. The fraction of sp³-hybridized carbons (Fsp3) is 0.100. The summed E-state index contributed by atoms with van der Waals surface area (Å²) in [7, 11) is 0. The van der Waals surface area contributed by atoms with E-state index in [0.717, 1.165) is 4.47 Å². The lowest BCUT2D eigenvalue weighted by Crippen LogP contribution is -1.97. The van der Waals surface area contributed by atoms with E-state index in [1.54, 1.807) is 12.1 Å². The largest absolute Gasteiger partial charge is 0.478 e. The minimum absolute atomic E-state index is 0.147. The monoisotopic (exact) mass is 274 g/mol. The fourth-order valence-corrected chi connectivity index (χ4v) is 1.38. The lowest BCUT2D eigenvalue weighted by Gasteiger charge is -2.01. The van der Waals surface area contributed by atoms with E-state index in [0.29, 0.717) is 5.56 Å².